The van der Waals surface area contributed by atoms with Crippen LogP contribution >= 0.6 is 23.4 Å². The van der Waals surface area contributed by atoms with Crippen molar-refractivity contribution < 1.29 is 4.79 Å². The standard InChI is InChI=1S/C18H23ClN4OS/c1-12-7-8-14(9-15(12)19)23-11-20-22-18(23)25-10-17(24)21-16-6-4-3-5-13(16)2/h7-9,11,13,16H,3-6,10H2,1-2H3,(H,21,24). The summed E-state index contributed by atoms with van der Waals surface area (Å²) in [5.41, 5.74) is 1.91. The molecule has 0 aliphatic heterocycles. The SMILES string of the molecule is Cc1ccc(-n2cnnc2SCC(=O)NC2CCCCC2C)cc1Cl. The molecule has 2 atom stereocenters. The van der Waals surface area contributed by atoms with E-state index in [0.717, 1.165) is 17.7 Å². The highest BCUT2D eigenvalue weighted by Crippen LogP contribution is 2.25. The molecule has 134 valence electrons. The minimum absolute atomic E-state index is 0.0558. The predicted molar refractivity (Wildman–Crippen MR) is 101 cm³/mol. The van der Waals surface area contributed by atoms with Gasteiger partial charge < -0.3 is 5.32 Å². The summed E-state index contributed by atoms with van der Waals surface area (Å²) in [5, 5.41) is 12.7. The molecule has 1 aliphatic carbocycles. The van der Waals surface area contributed by atoms with Crippen LogP contribution < -0.4 is 5.32 Å². The number of carbonyl (C=O) groups is 1. The molecule has 5 nitrogen and oxygen atoms in total. The van der Waals surface area contributed by atoms with Crippen molar-refractivity contribution in [2.75, 3.05) is 5.75 Å². The van der Waals surface area contributed by atoms with Crippen LogP contribution in [0.3, 0.4) is 0 Å². The van der Waals surface area contributed by atoms with Gasteiger partial charge in [-0.3, -0.25) is 9.36 Å². The van der Waals surface area contributed by atoms with Crippen LogP contribution in [0.5, 0.6) is 0 Å². The van der Waals surface area contributed by atoms with Crippen LogP contribution in [0.25, 0.3) is 5.69 Å². The number of thioether (sulfide) groups is 1. The van der Waals surface area contributed by atoms with Gasteiger partial charge in [-0.05, 0) is 43.4 Å². The summed E-state index contributed by atoms with van der Waals surface area (Å²) >= 11 is 7.60. The van der Waals surface area contributed by atoms with Gasteiger partial charge in [0.1, 0.15) is 6.33 Å². The highest BCUT2D eigenvalue weighted by Gasteiger charge is 2.23. The first-order valence-corrected chi connectivity index (χ1v) is 9.99. The quantitative estimate of drug-likeness (QED) is 0.798. The van der Waals surface area contributed by atoms with Gasteiger partial charge in [-0.2, -0.15) is 0 Å². The number of halogens is 1. The van der Waals surface area contributed by atoms with Gasteiger partial charge in [0.15, 0.2) is 5.16 Å². The van der Waals surface area contributed by atoms with Gasteiger partial charge in [-0.1, -0.05) is 49.2 Å². The van der Waals surface area contributed by atoms with E-state index in [-0.39, 0.29) is 5.91 Å². The van der Waals surface area contributed by atoms with Crippen LogP contribution in [-0.4, -0.2) is 32.5 Å². The van der Waals surface area contributed by atoms with Crippen LogP contribution in [0.2, 0.25) is 5.02 Å². The van der Waals surface area contributed by atoms with Gasteiger partial charge in [-0.15, -0.1) is 10.2 Å². The Kier molecular flexibility index (Phi) is 6.02. The summed E-state index contributed by atoms with van der Waals surface area (Å²) in [7, 11) is 0. The molecule has 1 aliphatic rings. The van der Waals surface area contributed by atoms with Crippen LogP contribution in [0, 0.1) is 12.8 Å². The fraction of sp³-hybridized carbons (Fsp3) is 0.500. The van der Waals surface area contributed by atoms with Gasteiger partial charge in [0, 0.05) is 11.1 Å². The van der Waals surface area contributed by atoms with Crippen LogP contribution in [-0.2, 0) is 4.79 Å². The molecule has 1 fully saturated rings. The van der Waals surface area contributed by atoms with Crippen molar-refractivity contribution in [2.45, 2.75) is 50.7 Å². The number of hydrogen-bond donors (Lipinski definition) is 1. The number of aromatic nitrogens is 3. The van der Waals surface area contributed by atoms with Crippen molar-refractivity contribution in [1.29, 1.82) is 0 Å². The Balaban J connectivity index is 1.61. The van der Waals surface area contributed by atoms with E-state index in [1.807, 2.05) is 29.7 Å². The molecular weight excluding hydrogens is 356 g/mol. The van der Waals surface area contributed by atoms with E-state index in [1.54, 1.807) is 6.33 Å². The van der Waals surface area contributed by atoms with Crippen molar-refractivity contribution in [3.63, 3.8) is 0 Å². The lowest BCUT2D eigenvalue weighted by Gasteiger charge is -2.29. The highest BCUT2D eigenvalue weighted by atomic mass is 35.5. The van der Waals surface area contributed by atoms with Gasteiger partial charge in [-0.25, -0.2) is 0 Å². The van der Waals surface area contributed by atoms with Crippen molar-refractivity contribution in [3.8, 4) is 5.69 Å². The second-order valence-electron chi connectivity index (χ2n) is 6.64. The van der Waals surface area contributed by atoms with Gasteiger partial charge >= 0.3 is 0 Å². The largest absolute Gasteiger partial charge is 0.352 e. The number of benzene rings is 1. The Bertz CT molecular complexity index is 748. The molecule has 0 saturated heterocycles. The van der Waals surface area contributed by atoms with Crippen molar-refractivity contribution >= 4 is 29.3 Å². The maximum Gasteiger partial charge on any atom is 0.230 e. The monoisotopic (exact) mass is 378 g/mol. The van der Waals surface area contributed by atoms with Gasteiger partial charge in [0.05, 0.1) is 11.4 Å². The van der Waals surface area contributed by atoms with E-state index < -0.39 is 0 Å². The molecule has 3 rings (SSSR count). The van der Waals surface area contributed by atoms with Gasteiger partial charge in [0.25, 0.3) is 0 Å². The lowest BCUT2D eigenvalue weighted by Crippen LogP contribution is -2.41. The van der Waals surface area contributed by atoms with E-state index in [0.29, 0.717) is 27.9 Å². The topological polar surface area (TPSA) is 59.8 Å². The molecule has 1 saturated carbocycles. The first kappa shape index (κ1) is 18.3. The van der Waals surface area contributed by atoms with E-state index >= 15 is 0 Å². The molecule has 0 spiro atoms. The third-order valence-corrected chi connectivity index (χ3v) is 6.09. The second-order valence-corrected chi connectivity index (χ2v) is 7.99. The highest BCUT2D eigenvalue weighted by molar-refractivity contribution is 7.99. The fourth-order valence-corrected chi connectivity index (χ4v) is 4.06. The molecule has 1 heterocycles. The Morgan fingerprint density at radius 3 is 2.96 bits per heavy atom. The molecular formula is C18H23ClN4OS. The van der Waals surface area contributed by atoms with Crippen LogP contribution in [0.1, 0.15) is 38.2 Å². The first-order valence-electron chi connectivity index (χ1n) is 8.63. The Hall–Kier alpha value is -1.53. The number of rotatable bonds is 5. The average molecular weight is 379 g/mol. The van der Waals surface area contributed by atoms with Gasteiger partial charge in [0.2, 0.25) is 5.91 Å². The predicted octanol–water partition coefficient (Wildman–Crippen LogP) is 4.02. The normalized spacial score (nSPS) is 20.4. The zero-order valence-corrected chi connectivity index (χ0v) is 16.1. The summed E-state index contributed by atoms with van der Waals surface area (Å²) in [6.07, 6.45) is 6.39. The van der Waals surface area contributed by atoms with Crippen molar-refractivity contribution in [2.24, 2.45) is 5.92 Å². The third kappa shape index (κ3) is 4.55. The third-order valence-electron chi connectivity index (χ3n) is 4.74. The minimum Gasteiger partial charge on any atom is -0.352 e. The summed E-state index contributed by atoms with van der Waals surface area (Å²) < 4.78 is 1.85. The zero-order chi connectivity index (χ0) is 17.8. The average Bonchev–Trinajstić information content (AvgIpc) is 3.06. The Morgan fingerprint density at radius 1 is 1.40 bits per heavy atom. The Labute approximate surface area is 157 Å². The zero-order valence-electron chi connectivity index (χ0n) is 14.5. The second kappa shape index (κ2) is 8.23. The first-order chi connectivity index (χ1) is 12.0. The molecule has 7 heteroatoms. The van der Waals surface area contributed by atoms with E-state index in [2.05, 4.69) is 22.4 Å². The summed E-state index contributed by atoms with van der Waals surface area (Å²) in [6, 6.07) is 6.12. The lowest BCUT2D eigenvalue weighted by atomic mass is 9.86. The molecule has 2 unspecified atom stereocenters. The molecule has 25 heavy (non-hydrogen) atoms. The maximum atomic E-state index is 12.3. The smallest absolute Gasteiger partial charge is 0.230 e. The number of nitrogens with one attached hydrogen (secondary N) is 1. The number of nitrogens with zero attached hydrogens (tertiary/aromatic N) is 3. The molecule has 0 bridgehead atoms. The summed E-state index contributed by atoms with van der Waals surface area (Å²) in [4.78, 5) is 12.3. The summed E-state index contributed by atoms with van der Waals surface area (Å²) in [6.45, 7) is 4.18. The number of hydrogen-bond acceptors (Lipinski definition) is 4. The molecule has 1 aromatic carbocycles. The van der Waals surface area contributed by atoms with E-state index in [9.17, 15) is 4.79 Å². The number of aryl methyl sites for hydroxylation is 1. The van der Waals surface area contributed by atoms with E-state index in [1.165, 1.54) is 31.0 Å². The summed E-state index contributed by atoms with van der Waals surface area (Å²) in [5.74, 6) is 0.947. The molecule has 1 aromatic heterocycles. The number of carbonyl (C=O) groups excluding carboxylic acids is 1. The fourth-order valence-electron chi connectivity index (χ4n) is 3.14. The molecule has 1 N–H and O–H groups in total. The molecule has 1 amide bonds. The van der Waals surface area contributed by atoms with Crippen LogP contribution in [0.15, 0.2) is 29.7 Å². The molecule has 0 radical (unpaired) electrons. The maximum absolute atomic E-state index is 12.3. The number of amides is 1. The van der Waals surface area contributed by atoms with Crippen molar-refractivity contribution in [3.05, 3.63) is 35.1 Å². The minimum atomic E-state index is 0.0558. The van der Waals surface area contributed by atoms with Crippen molar-refractivity contribution in [1.82, 2.24) is 20.1 Å². The Morgan fingerprint density at radius 2 is 2.20 bits per heavy atom. The lowest BCUT2D eigenvalue weighted by molar-refractivity contribution is -0.119. The van der Waals surface area contributed by atoms with Crippen LogP contribution in [0.4, 0.5) is 0 Å². The molecule has 2 aromatic rings. The van der Waals surface area contributed by atoms with E-state index in [4.69, 9.17) is 11.6 Å².